The maximum Gasteiger partial charge on any atom is 0.226 e. The molecule has 124 valence electrons. The summed E-state index contributed by atoms with van der Waals surface area (Å²) >= 11 is 0. The second-order valence-corrected chi connectivity index (χ2v) is 7.37. The Balaban J connectivity index is 1.40. The molecule has 4 nitrogen and oxygen atoms in total. The van der Waals surface area contributed by atoms with Crippen LogP contribution in [0.15, 0.2) is 24.5 Å². The van der Waals surface area contributed by atoms with Crippen molar-refractivity contribution in [3.05, 3.63) is 24.5 Å². The van der Waals surface area contributed by atoms with Gasteiger partial charge in [-0.1, -0.05) is 19.3 Å². The molecule has 1 saturated carbocycles. The lowest BCUT2D eigenvalue weighted by Crippen LogP contribution is -2.51. The van der Waals surface area contributed by atoms with Gasteiger partial charge in [-0.25, -0.2) is 0 Å². The molecule has 0 N–H and O–H groups in total. The maximum absolute atomic E-state index is 13.0. The molecule has 0 spiro atoms. The van der Waals surface area contributed by atoms with Crippen molar-refractivity contribution in [3.8, 4) is 5.75 Å². The zero-order valence-electron chi connectivity index (χ0n) is 13.7. The Labute approximate surface area is 138 Å². The predicted octanol–water partition coefficient (Wildman–Crippen LogP) is 3.56. The molecule has 0 radical (unpaired) electrons. The normalized spacial score (nSPS) is 31.1. The van der Waals surface area contributed by atoms with Gasteiger partial charge in [0.05, 0.1) is 6.20 Å². The molecule has 0 aromatic carbocycles. The average Bonchev–Trinajstić information content (AvgIpc) is 2.87. The third kappa shape index (κ3) is 3.08. The molecule has 1 aliphatic carbocycles. The first-order chi connectivity index (χ1) is 11.3. The highest BCUT2D eigenvalue weighted by Gasteiger charge is 2.45. The predicted molar refractivity (Wildman–Crippen MR) is 88.1 cm³/mol. The van der Waals surface area contributed by atoms with Crippen molar-refractivity contribution in [2.45, 2.75) is 76.0 Å². The Hall–Kier alpha value is -1.58. The largest absolute Gasteiger partial charge is 0.489 e. The zero-order valence-corrected chi connectivity index (χ0v) is 13.7. The first kappa shape index (κ1) is 15.0. The number of hydrogen-bond donors (Lipinski definition) is 0. The van der Waals surface area contributed by atoms with Crippen molar-refractivity contribution in [1.29, 1.82) is 0 Å². The van der Waals surface area contributed by atoms with Gasteiger partial charge in [0.2, 0.25) is 5.91 Å². The van der Waals surface area contributed by atoms with Gasteiger partial charge in [0.1, 0.15) is 11.9 Å². The van der Waals surface area contributed by atoms with E-state index < -0.39 is 0 Å². The van der Waals surface area contributed by atoms with Crippen LogP contribution in [0.25, 0.3) is 0 Å². The van der Waals surface area contributed by atoms with E-state index in [9.17, 15) is 4.79 Å². The number of fused-ring (bicyclic) bond motifs is 2. The van der Waals surface area contributed by atoms with Gasteiger partial charge in [0.25, 0.3) is 0 Å². The fourth-order valence-electron chi connectivity index (χ4n) is 4.75. The number of rotatable bonds is 3. The fraction of sp³-hybridized carbons (Fsp3) is 0.684. The van der Waals surface area contributed by atoms with Crippen LogP contribution >= 0.6 is 0 Å². The van der Waals surface area contributed by atoms with Gasteiger partial charge in [-0.15, -0.1) is 0 Å². The van der Waals surface area contributed by atoms with Crippen molar-refractivity contribution in [2.24, 2.45) is 5.92 Å². The molecule has 1 amide bonds. The van der Waals surface area contributed by atoms with Crippen LogP contribution < -0.4 is 4.74 Å². The van der Waals surface area contributed by atoms with E-state index in [2.05, 4.69) is 9.88 Å². The number of hydrogen-bond acceptors (Lipinski definition) is 3. The van der Waals surface area contributed by atoms with Gasteiger partial charge >= 0.3 is 0 Å². The van der Waals surface area contributed by atoms with Gasteiger partial charge in [0.15, 0.2) is 0 Å². The van der Waals surface area contributed by atoms with E-state index in [1.54, 1.807) is 12.4 Å². The van der Waals surface area contributed by atoms with Crippen molar-refractivity contribution in [1.82, 2.24) is 9.88 Å². The summed E-state index contributed by atoms with van der Waals surface area (Å²) in [6.45, 7) is 0. The molecule has 2 unspecified atom stereocenters. The van der Waals surface area contributed by atoms with E-state index in [1.807, 2.05) is 12.1 Å². The van der Waals surface area contributed by atoms with Crippen LogP contribution in [0.5, 0.6) is 5.75 Å². The number of carbonyl (C=O) groups is 1. The highest BCUT2D eigenvalue weighted by Crippen LogP contribution is 2.39. The van der Waals surface area contributed by atoms with Crippen LogP contribution in [0, 0.1) is 5.92 Å². The van der Waals surface area contributed by atoms with Gasteiger partial charge in [-0.2, -0.15) is 0 Å². The second kappa shape index (κ2) is 6.50. The molecule has 2 aliphatic heterocycles. The SMILES string of the molecule is O=C(C1CCCCC1)N1C2CCC1CC(Oc1cccnc1)C2. The molecule has 2 bridgehead atoms. The smallest absolute Gasteiger partial charge is 0.226 e. The summed E-state index contributed by atoms with van der Waals surface area (Å²) in [5, 5.41) is 0. The Kier molecular flexibility index (Phi) is 4.23. The van der Waals surface area contributed by atoms with Gasteiger partial charge < -0.3 is 9.64 Å². The summed E-state index contributed by atoms with van der Waals surface area (Å²) in [4.78, 5) is 19.3. The highest BCUT2D eigenvalue weighted by atomic mass is 16.5. The van der Waals surface area contributed by atoms with Gasteiger partial charge in [0, 0.05) is 37.0 Å². The van der Waals surface area contributed by atoms with Crippen LogP contribution in [0.4, 0.5) is 0 Å². The molecule has 2 atom stereocenters. The van der Waals surface area contributed by atoms with Crippen molar-refractivity contribution in [2.75, 3.05) is 0 Å². The summed E-state index contributed by atoms with van der Waals surface area (Å²) in [5.41, 5.74) is 0. The van der Waals surface area contributed by atoms with E-state index >= 15 is 0 Å². The molecular weight excluding hydrogens is 288 g/mol. The molecule has 1 aromatic rings. The van der Waals surface area contributed by atoms with E-state index in [-0.39, 0.29) is 6.10 Å². The lowest BCUT2D eigenvalue weighted by atomic mass is 9.87. The van der Waals surface area contributed by atoms with Crippen molar-refractivity contribution >= 4 is 5.91 Å². The molecule has 3 heterocycles. The molecule has 3 fully saturated rings. The number of aromatic nitrogens is 1. The summed E-state index contributed by atoms with van der Waals surface area (Å²) < 4.78 is 6.11. The Morgan fingerprint density at radius 2 is 1.83 bits per heavy atom. The summed E-state index contributed by atoms with van der Waals surface area (Å²) in [5.74, 6) is 1.59. The lowest BCUT2D eigenvalue weighted by molar-refractivity contribution is -0.142. The Morgan fingerprint density at radius 1 is 1.09 bits per heavy atom. The number of carbonyl (C=O) groups excluding carboxylic acids is 1. The molecule has 23 heavy (non-hydrogen) atoms. The summed E-state index contributed by atoms with van der Waals surface area (Å²) in [6, 6.07) is 4.66. The first-order valence-electron chi connectivity index (χ1n) is 9.20. The third-order valence-electron chi connectivity index (χ3n) is 5.84. The zero-order chi connectivity index (χ0) is 15.6. The molecule has 4 heteroatoms. The minimum atomic E-state index is 0.229. The molecule has 3 aliphatic rings. The Bertz CT molecular complexity index is 528. The minimum Gasteiger partial charge on any atom is -0.489 e. The van der Waals surface area contributed by atoms with E-state index in [0.29, 0.717) is 23.9 Å². The van der Waals surface area contributed by atoms with Crippen LogP contribution in [0.3, 0.4) is 0 Å². The monoisotopic (exact) mass is 314 g/mol. The highest BCUT2D eigenvalue weighted by molar-refractivity contribution is 5.80. The lowest BCUT2D eigenvalue weighted by Gasteiger charge is -2.41. The Morgan fingerprint density at radius 3 is 2.48 bits per heavy atom. The number of nitrogens with zero attached hydrogens (tertiary/aromatic N) is 2. The molecule has 1 aromatic heterocycles. The van der Waals surface area contributed by atoms with E-state index in [0.717, 1.165) is 44.3 Å². The van der Waals surface area contributed by atoms with E-state index in [1.165, 1.54) is 19.3 Å². The minimum absolute atomic E-state index is 0.229. The third-order valence-corrected chi connectivity index (χ3v) is 5.84. The quantitative estimate of drug-likeness (QED) is 0.856. The topological polar surface area (TPSA) is 42.4 Å². The maximum atomic E-state index is 13.0. The molecule has 2 saturated heterocycles. The summed E-state index contributed by atoms with van der Waals surface area (Å²) in [7, 11) is 0. The summed E-state index contributed by atoms with van der Waals surface area (Å²) in [6.07, 6.45) is 14.0. The fourth-order valence-corrected chi connectivity index (χ4v) is 4.75. The van der Waals surface area contributed by atoms with Gasteiger partial charge in [-0.05, 0) is 37.8 Å². The average molecular weight is 314 g/mol. The van der Waals surface area contributed by atoms with Crippen LogP contribution in [0.1, 0.15) is 57.8 Å². The molecule has 4 rings (SSSR count). The van der Waals surface area contributed by atoms with Crippen LogP contribution in [-0.2, 0) is 4.79 Å². The second-order valence-electron chi connectivity index (χ2n) is 7.37. The van der Waals surface area contributed by atoms with Crippen LogP contribution in [0.2, 0.25) is 0 Å². The molecular formula is C19H26N2O2. The van der Waals surface area contributed by atoms with Crippen molar-refractivity contribution < 1.29 is 9.53 Å². The first-order valence-corrected chi connectivity index (χ1v) is 9.20. The number of ether oxygens (including phenoxy) is 1. The van der Waals surface area contributed by atoms with Crippen molar-refractivity contribution in [3.63, 3.8) is 0 Å². The number of piperidine rings is 1. The number of pyridine rings is 1. The standard InChI is InChI=1S/C19H26N2O2/c22-19(14-5-2-1-3-6-14)21-15-8-9-16(21)12-18(11-15)23-17-7-4-10-20-13-17/h4,7,10,13-16,18H,1-3,5-6,8-9,11-12H2. The van der Waals surface area contributed by atoms with Gasteiger partial charge in [-0.3, -0.25) is 9.78 Å². The van der Waals surface area contributed by atoms with E-state index in [4.69, 9.17) is 4.74 Å². The van der Waals surface area contributed by atoms with Crippen LogP contribution in [-0.4, -0.2) is 34.0 Å². The number of amides is 1.